The molecule has 31 heavy (non-hydrogen) atoms. The Labute approximate surface area is 190 Å². The Morgan fingerprint density at radius 2 is 2.06 bits per heavy atom. The number of hydrogen-bond acceptors (Lipinski definition) is 6. The van der Waals surface area contributed by atoms with E-state index in [0.29, 0.717) is 19.1 Å². The van der Waals surface area contributed by atoms with Crippen molar-refractivity contribution >= 4 is 17.8 Å². The van der Waals surface area contributed by atoms with E-state index in [9.17, 15) is 4.55 Å². The van der Waals surface area contributed by atoms with Crippen LogP contribution < -0.4 is 4.74 Å². The zero-order valence-electron chi connectivity index (χ0n) is 18.9. The predicted molar refractivity (Wildman–Crippen MR) is 129 cm³/mol. The molecule has 7 heteroatoms. The number of ether oxygens (including phenoxy) is 1. The smallest absolute Gasteiger partial charge is 0.169 e. The van der Waals surface area contributed by atoms with Gasteiger partial charge in [0.1, 0.15) is 12.4 Å². The molecule has 0 aromatic heterocycles. The van der Waals surface area contributed by atoms with Crippen LogP contribution >= 0.6 is 0 Å². The summed E-state index contributed by atoms with van der Waals surface area (Å²) >= 11 is -1.14. The monoisotopic (exact) mass is 445 g/mol. The minimum Gasteiger partial charge on any atom is -0.573 e. The molecular weight excluding hydrogens is 410 g/mol. The molecule has 1 fully saturated rings. The molecular formula is C24H35N3O3S. The molecule has 0 aliphatic carbocycles. The molecule has 1 saturated heterocycles. The van der Waals surface area contributed by atoms with Crippen molar-refractivity contribution in [1.29, 1.82) is 0 Å². The van der Waals surface area contributed by atoms with Crippen LogP contribution in [0.1, 0.15) is 39.2 Å². The van der Waals surface area contributed by atoms with Crippen molar-refractivity contribution in [3.05, 3.63) is 66.4 Å². The fourth-order valence-electron chi connectivity index (χ4n) is 3.13. The first kappa shape index (κ1) is 25.0. The van der Waals surface area contributed by atoms with Gasteiger partial charge in [0.05, 0.1) is 31.6 Å². The minimum absolute atomic E-state index is 0.488. The van der Waals surface area contributed by atoms with Crippen molar-refractivity contribution in [2.24, 2.45) is 11.1 Å². The second-order valence-corrected chi connectivity index (χ2v) is 8.76. The van der Waals surface area contributed by atoms with Crippen LogP contribution in [0.2, 0.25) is 0 Å². The molecule has 0 amide bonds. The molecule has 170 valence electrons. The maximum Gasteiger partial charge on any atom is 0.169 e. The van der Waals surface area contributed by atoms with E-state index in [0.717, 1.165) is 49.5 Å². The zero-order valence-corrected chi connectivity index (χ0v) is 19.7. The van der Waals surface area contributed by atoms with Gasteiger partial charge in [-0.15, -0.1) is 4.31 Å². The van der Waals surface area contributed by atoms with Gasteiger partial charge in [0, 0.05) is 6.54 Å². The summed E-state index contributed by atoms with van der Waals surface area (Å²) in [6, 6.07) is 7.80. The highest BCUT2D eigenvalue weighted by Gasteiger charge is 2.36. The molecule has 1 aromatic carbocycles. The predicted octanol–water partition coefficient (Wildman–Crippen LogP) is 4.69. The normalized spacial score (nSPS) is 18.8. The van der Waals surface area contributed by atoms with E-state index in [1.807, 2.05) is 65.0 Å². The number of nitrogens with zero attached hydrogens (tertiary/aromatic N) is 3. The maximum absolute atomic E-state index is 12.8. The lowest BCUT2D eigenvalue weighted by Crippen LogP contribution is -2.33. The summed E-state index contributed by atoms with van der Waals surface area (Å²) in [5.41, 5.74) is 1.91. The van der Waals surface area contributed by atoms with Gasteiger partial charge in [-0.3, -0.25) is 0 Å². The largest absolute Gasteiger partial charge is 0.573 e. The highest BCUT2D eigenvalue weighted by atomic mass is 32.2. The summed E-state index contributed by atoms with van der Waals surface area (Å²) in [6.07, 6.45) is 11.2. The van der Waals surface area contributed by atoms with Gasteiger partial charge < -0.3 is 14.1 Å². The van der Waals surface area contributed by atoms with Gasteiger partial charge in [0.25, 0.3) is 0 Å². The lowest BCUT2D eigenvalue weighted by atomic mass is 10.0. The van der Waals surface area contributed by atoms with Crippen molar-refractivity contribution in [3.63, 3.8) is 0 Å². The van der Waals surface area contributed by atoms with E-state index in [1.54, 1.807) is 12.3 Å². The van der Waals surface area contributed by atoms with E-state index >= 15 is 0 Å². The van der Waals surface area contributed by atoms with Crippen molar-refractivity contribution in [2.75, 3.05) is 32.8 Å². The van der Waals surface area contributed by atoms with Gasteiger partial charge in [-0.1, -0.05) is 30.8 Å². The van der Waals surface area contributed by atoms with Crippen molar-refractivity contribution in [1.82, 2.24) is 8.61 Å². The van der Waals surface area contributed by atoms with Crippen LogP contribution in [0.25, 0.3) is 0 Å². The summed E-state index contributed by atoms with van der Waals surface area (Å²) < 4.78 is 22.7. The van der Waals surface area contributed by atoms with Gasteiger partial charge in [0.15, 0.2) is 11.5 Å². The molecule has 2 atom stereocenters. The van der Waals surface area contributed by atoms with Crippen LogP contribution in [-0.4, -0.2) is 52.2 Å². The number of hydrogen-bond donors (Lipinski definition) is 0. The Bertz CT molecular complexity index is 749. The molecule has 1 aliphatic heterocycles. The highest BCUT2D eigenvalue weighted by Crippen LogP contribution is 2.24. The number of benzene rings is 1. The van der Waals surface area contributed by atoms with Crippen LogP contribution in [-0.2, 0) is 16.4 Å². The van der Waals surface area contributed by atoms with Gasteiger partial charge in [-0.25, -0.2) is 0 Å². The van der Waals surface area contributed by atoms with Gasteiger partial charge in [-0.2, -0.15) is 4.31 Å². The molecule has 6 nitrogen and oxygen atoms in total. The topological polar surface area (TPSA) is 60.4 Å². The van der Waals surface area contributed by atoms with E-state index in [-0.39, 0.29) is 0 Å². The Morgan fingerprint density at radius 1 is 1.29 bits per heavy atom. The lowest BCUT2D eigenvalue weighted by Gasteiger charge is -2.23. The van der Waals surface area contributed by atoms with E-state index < -0.39 is 11.5 Å². The summed E-state index contributed by atoms with van der Waals surface area (Å²) in [5, 5.41) is 3.86. The lowest BCUT2D eigenvalue weighted by molar-refractivity contribution is 0.160. The summed E-state index contributed by atoms with van der Waals surface area (Å²) in [6.45, 7) is 13.4. The van der Waals surface area contributed by atoms with E-state index in [4.69, 9.17) is 9.57 Å². The fraction of sp³-hybridized carbons (Fsp3) is 0.458. The second-order valence-electron chi connectivity index (χ2n) is 7.34. The Kier molecular flexibility index (Phi) is 11.3. The van der Waals surface area contributed by atoms with Gasteiger partial charge >= 0.3 is 0 Å². The first-order valence-electron chi connectivity index (χ1n) is 10.9. The molecule has 2 rings (SSSR count). The van der Waals surface area contributed by atoms with Crippen molar-refractivity contribution in [3.8, 4) is 5.75 Å². The van der Waals surface area contributed by atoms with Crippen LogP contribution in [0.3, 0.4) is 0 Å². The standard InChI is InChI=1S/C24H35N3O3S/c1-5-8-23(9-6-2)27-18-17-26(31(27)28)16-14-21(4)15-19-29-24-12-10-22(11-13-24)20-25-30-7-3/h5-6,8-13,20-21H,1,7,14-19H2,2-4H3/b9-6-,23-8+,25-20+. The van der Waals surface area contributed by atoms with Crippen molar-refractivity contribution in [2.45, 2.75) is 33.6 Å². The molecule has 1 aliphatic rings. The first-order chi connectivity index (χ1) is 15.1. The number of allylic oxidation sites excluding steroid dienone is 4. The molecule has 1 heterocycles. The minimum atomic E-state index is -1.14. The Hall–Kier alpha value is -2.22. The molecule has 0 saturated carbocycles. The van der Waals surface area contributed by atoms with Crippen molar-refractivity contribution < 1.29 is 14.1 Å². The summed E-state index contributed by atoms with van der Waals surface area (Å²) in [4.78, 5) is 4.97. The first-order valence-corrected chi connectivity index (χ1v) is 11.9. The number of oxime groups is 1. The van der Waals surface area contributed by atoms with Gasteiger partial charge in [-0.05, 0) is 74.6 Å². The Balaban J connectivity index is 1.71. The summed E-state index contributed by atoms with van der Waals surface area (Å²) in [7, 11) is 0. The zero-order chi connectivity index (χ0) is 22.5. The van der Waals surface area contributed by atoms with Crippen LogP contribution in [0.4, 0.5) is 0 Å². The Morgan fingerprint density at radius 3 is 2.74 bits per heavy atom. The molecule has 0 radical (unpaired) electrons. The average Bonchev–Trinajstić information content (AvgIpc) is 3.13. The third kappa shape index (κ3) is 8.44. The number of rotatable bonds is 13. The quantitative estimate of drug-likeness (QED) is 0.191. The highest BCUT2D eigenvalue weighted by molar-refractivity contribution is 7.87. The average molecular weight is 446 g/mol. The summed E-state index contributed by atoms with van der Waals surface area (Å²) in [5.74, 6) is 1.34. The van der Waals surface area contributed by atoms with E-state index in [2.05, 4.69) is 18.7 Å². The maximum atomic E-state index is 12.8. The second kappa shape index (κ2) is 14.0. The molecule has 0 spiro atoms. The third-order valence-electron chi connectivity index (χ3n) is 4.91. The molecule has 0 bridgehead atoms. The van der Waals surface area contributed by atoms with E-state index in [1.165, 1.54) is 0 Å². The van der Waals surface area contributed by atoms with Crippen LogP contribution in [0.5, 0.6) is 5.75 Å². The van der Waals surface area contributed by atoms with Gasteiger partial charge in [0.2, 0.25) is 0 Å². The molecule has 2 unspecified atom stereocenters. The SMILES string of the molecule is C=C/C=C(\C=C/C)N1CCN(CCC(C)CCOc2ccc(/C=N/OCC)cc2)[S+]1[O-]. The van der Waals surface area contributed by atoms with Crippen LogP contribution in [0.15, 0.2) is 66.0 Å². The fourth-order valence-corrected chi connectivity index (χ4v) is 4.45. The molecule has 0 N–H and O–H groups in total. The molecule has 1 aromatic rings. The van der Waals surface area contributed by atoms with Crippen LogP contribution in [0, 0.1) is 5.92 Å². The third-order valence-corrected chi connectivity index (χ3v) is 6.49.